The van der Waals surface area contributed by atoms with Crippen molar-refractivity contribution in [3.63, 3.8) is 0 Å². The molecule has 1 aromatic carbocycles. The molecule has 2 atom stereocenters. The topological polar surface area (TPSA) is 68.4 Å². The van der Waals surface area contributed by atoms with E-state index in [2.05, 4.69) is 4.98 Å². The highest BCUT2D eigenvalue weighted by atomic mass is 16.5. The van der Waals surface area contributed by atoms with Crippen molar-refractivity contribution in [1.29, 1.82) is 0 Å². The van der Waals surface area contributed by atoms with Crippen molar-refractivity contribution in [3.05, 3.63) is 36.5 Å². The Kier molecular flexibility index (Phi) is 4.08. The van der Waals surface area contributed by atoms with Crippen LogP contribution in [-0.4, -0.2) is 28.8 Å². The molecule has 4 nitrogen and oxygen atoms in total. The number of nitrogens with zero attached hydrogens (tertiary/aromatic N) is 1. The Labute approximate surface area is 124 Å². The van der Waals surface area contributed by atoms with E-state index in [0.717, 1.165) is 42.3 Å². The number of nitrogens with two attached hydrogens (primary N) is 1. The van der Waals surface area contributed by atoms with Gasteiger partial charge >= 0.3 is 0 Å². The highest BCUT2D eigenvalue weighted by Crippen LogP contribution is 2.37. The van der Waals surface area contributed by atoms with Gasteiger partial charge in [-0.1, -0.05) is 12.5 Å². The van der Waals surface area contributed by atoms with E-state index in [4.69, 9.17) is 10.5 Å². The summed E-state index contributed by atoms with van der Waals surface area (Å²) in [6.45, 7) is 0.941. The van der Waals surface area contributed by atoms with E-state index >= 15 is 0 Å². The van der Waals surface area contributed by atoms with Gasteiger partial charge < -0.3 is 15.6 Å². The highest BCUT2D eigenvalue weighted by Gasteiger charge is 2.39. The number of aliphatic hydroxyl groups is 1. The second-order valence-corrected chi connectivity index (χ2v) is 5.86. The predicted molar refractivity (Wildman–Crippen MR) is 83.2 cm³/mol. The van der Waals surface area contributed by atoms with Crippen LogP contribution in [0.5, 0.6) is 5.75 Å². The Bertz CT molecular complexity index is 611. The lowest BCUT2D eigenvalue weighted by atomic mass is 9.88. The Balaban J connectivity index is 1.65. The van der Waals surface area contributed by atoms with Crippen LogP contribution in [0, 0.1) is 5.92 Å². The van der Waals surface area contributed by atoms with Crippen LogP contribution in [0.2, 0.25) is 0 Å². The van der Waals surface area contributed by atoms with Crippen molar-refractivity contribution in [3.8, 4) is 5.75 Å². The molecular weight excluding hydrogens is 264 g/mol. The average Bonchev–Trinajstić information content (AvgIpc) is 2.89. The molecule has 1 heterocycles. The van der Waals surface area contributed by atoms with E-state index < -0.39 is 5.60 Å². The Hall–Kier alpha value is -1.65. The standard InChI is InChI=1S/C17H22N2O2/c18-12-17(20)9-2-4-13(17)8-11-21-16-7-1-6-15-14(16)5-3-10-19-15/h1,3,5-7,10,13,20H,2,4,8-9,11-12,18H2. The second-order valence-electron chi connectivity index (χ2n) is 5.86. The van der Waals surface area contributed by atoms with Crippen molar-refractivity contribution in [1.82, 2.24) is 4.98 Å². The number of benzene rings is 1. The lowest BCUT2D eigenvalue weighted by molar-refractivity contribution is 0.00361. The van der Waals surface area contributed by atoms with Crippen LogP contribution in [-0.2, 0) is 0 Å². The second kappa shape index (κ2) is 6.00. The maximum atomic E-state index is 10.4. The highest BCUT2D eigenvalue weighted by molar-refractivity contribution is 5.84. The smallest absolute Gasteiger partial charge is 0.128 e. The summed E-state index contributed by atoms with van der Waals surface area (Å²) in [5.41, 5.74) is 5.97. The third kappa shape index (κ3) is 2.87. The number of aromatic nitrogens is 1. The van der Waals surface area contributed by atoms with Crippen molar-refractivity contribution in [2.45, 2.75) is 31.3 Å². The molecule has 3 N–H and O–H groups in total. The van der Waals surface area contributed by atoms with Crippen LogP contribution in [0.1, 0.15) is 25.7 Å². The Morgan fingerprint density at radius 3 is 3.10 bits per heavy atom. The van der Waals surface area contributed by atoms with E-state index in [-0.39, 0.29) is 5.92 Å². The monoisotopic (exact) mass is 286 g/mol. The fourth-order valence-corrected chi connectivity index (χ4v) is 3.32. The molecular formula is C17H22N2O2. The predicted octanol–water partition coefficient (Wildman–Crippen LogP) is 2.49. The van der Waals surface area contributed by atoms with E-state index in [1.165, 1.54) is 0 Å². The fourth-order valence-electron chi connectivity index (χ4n) is 3.32. The largest absolute Gasteiger partial charge is 0.493 e. The van der Waals surface area contributed by atoms with Gasteiger partial charge in [-0.25, -0.2) is 0 Å². The van der Waals surface area contributed by atoms with E-state index in [0.29, 0.717) is 13.2 Å². The molecule has 0 saturated heterocycles. The van der Waals surface area contributed by atoms with Crippen LogP contribution in [0.15, 0.2) is 36.5 Å². The molecule has 0 aliphatic heterocycles. The number of pyridine rings is 1. The zero-order valence-electron chi connectivity index (χ0n) is 12.2. The first-order chi connectivity index (χ1) is 10.2. The SMILES string of the molecule is NCC1(O)CCCC1CCOc1cccc2ncccc12. The molecule has 0 bridgehead atoms. The van der Waals surface area contributed by atoms with Gasteiger partial charge in [0.1, 0.15) is 5.75 Å². The number of hydrogen-bond donors (Lipinski definition) is 2. The minimum absolute atomic E-state index is 0.246. The van der Waals surface area contributed by atoms with Crippen molar-refractivity contribution in [2.24, 2.45) is 11.7 Å². The first kappa shape index (κ1) is 14.3. The van der Waals surface area contributed by atoms with Gasteiger partial charge in [-0.15, -0.1) is 0 Å². The van der Waals surface area contributed by atoms with E-state index in [1.54, 1.807) is 6.20 Å². The summed E-state index contributed by atoms with van der Waals surface area (Å²) in [4.78, 5) is 4.33. The first-order valence-corrected chi connectivity index (χ1v) is 7.62. The molecule has 2 aromatic rings. The molecule has 3 rings (SSSR count). The van der Waals surface area contributed by atoms with E-state index in [1.807, 2.05) is 30.3 Å². The van der Waals surface area contributed by atoms with Gasteiger partial charge in [0.2, 0.25) is 0 Å². The van der Waals surface area contributed by atoms with Gasteiger partial charge in [-0.3, -0.25) is 4.98 Å². The summed E-state index contributed by atoms with van der Waals surface area (Å²) in [5.74, 6) is 1.10. The van der Waals surface area contributed by atoms with Crippen molar-refractivity contribution in [2.75, 3.05) is 13.2 Å². The van der Waals surface area contributed by atoms with Crippen LogP contribution in [0.3, 0.4) is 0 Å². The Morgan fingerprint density at radius 1 is 1.33 bits per heavy atom. The van der Waals surface area contributed by atoms with Crippen LogP contribution < -0.4 is 10.5 Å². The lowest BCUT2D eigenvalue weighted by Gasteiger charge is -2.28. The molecule has 0 radical (unpaired) electrons. The molecule has 1 aromatic heterocycles. The summed E-state index contributed by atoms with van der Waals surface area (Å²) < 4.78 is 5.93. The average molecular weight is 286 g/mol. The molecule has 21 heavy (non-hydrogen) atoms. The molecule has 4 heteroatoms. The van der Waals surface area contributed by atoms with Crippen molar-refractivity contribution < 1.29 is 9.84 Å². The zero-order valence-corrected chi connectivity index (χ0v) is 12.2. The number of fused-ring (bicyclic) bond motifs is 1. The third-order valence-corrected chi connectivity index (χ3v) is 4.61. The summed E-state index contributed by atoms with van der Waals surface area (Å²) >= 11 is 0. The fraction of sp³-hybridized carbons (Fsp3) is 0.471. The molecule has 0 spiro atoms. The van der Waals surface area contributed by atoms with Crippen LogP contribution >= 0.6 is 0 Å². The van der Waals surface area contributed by atoms with Gasteiger partial charge in [-0.2, -0.15) is 0 Å². The number of ether oxygens (including phenoxy) is 1. The van der Waals surface area contributed by atoms with Gasteiger partial charge in [0, 0.05) is 18.1 Å². The third-order valence-electron chi connectivity index (χ3n) is 4.61. The number of hydrogen-bond acceptors (Lipinski definition) is 4. The summed E-state index contributed by atoms with van der Waals surface area (Å²) in [7, 11) is 0. The molecule has 1 aliphatic rings. The maximum Gasteiger partial charge on any atom is 0.128 e. The quantitative estimate of drug-likeness (QED) is 0.886. The van der Waals surface area contributed by atoms with Gasteiger partial charge in [0.05, 0.1) is 17.7 Å². The minimum Gasteiger partial charge on any atom is -0.493 e. The molecule has 1 saturated carbocycles. The summed E-state index contributed by atoms with van der Waals surface area (Å²) in [6, 6.07) is 9.83. The first-order valence-electron chi connectivity index (χ1n) is 7.62. The summed E-state index contributed by atoms with van der Waals surface area (Å²) in [5, 5.41) is 11.5. The van der Waals surface area contributed by atoms with Crippen LogP contribution in [0.25, 0.3) is 10.9 Å². The minimum atomic E-state index is -0.691. The molecule has 1 fully saturated rings. The lowest BCUT2D eigenvalue weighted by Crippen LogP contribution is -2.41. The summed E-state index contributed by atoms with van der Waals surface area (Å²) in [6.07, 6.45) is 5.52. The van der Waals surface area contributed by atoms with Crippen molar-refractivity contribution >= 4 is 10.9 Å². The number of rotatable bonds is 5. The van der Waals surface area contributed by atoms with E-state index in [9.17, 15) is 5.11 Å². The van der Waals surface area contributed by atoms with Gasteiger partial charge in [-0.05, 0) is 49.4 Å². The molecule has 1 aliphatic carbocycles. The van der Waals surface area contributed by atoms with Gasteiger partial charge in [0.15, 0.2) is 0 Å². The normalized spacial score (nSPS) is 25.3. The van der Waals surface area contributed by atoms with Crippen LogP contribution in [0.4, 0.5) is 0 Å². The maximum absolute atomic E-state index is 10.4. The Morgan fingerprint density at radius 2 is 2.24 bits per heavy atom. The zero-order chi connectivity index (χ0) is 14.7. The molecule has 2 unspecified atom stereocenters. The molecule has 112 valence electrons. The molecule has 0 amide bonds. The van der Waals surface area contributed by atoms with Gasteiger partial charge in [0.25, 0.3) is 0 Å².